The summed E-state index contributed by atoms with van der Waals surface area (Å²) in [5, 5.41) is 10.7. The van der Waals surface area contributed by atoms with Gasteiger partial charge in [0.05, 0.1) is 0 Å². The molecule has 0 aliphatic heterocycles. The predicted octanol–water partition coefficient (Wildman–Crippen LogP) is 4.09. The number of nitrogens with one attached hydrogen (secondary N) is 3. The quantitative estimate of drug-likeness (QED) is 0.398. The average molecular weight is 420 g/mol. The number of rotatable bonds is 3. The van der Waals surface area contributed by atoms with Crippen LogP contribution in [-0.2, 0) is 0 Å². The molecule has 2 rings (SSSR count). The van der Waals surface area contributed by atoms with Crippen molar-refractivity contribution in [3.63, 3.8) is 0 Å². The van der Waals surface area contributed by atoms with E-state index in [1.54, 1.807) is 14.1 Å². The van der Waals surface area contributed by atoms with E-state index in [2.05, 4.69) is 16.0 Å². The van der Waals surface area contributed by atoms with Gasteiger partial charge in [-0.25, -0.2) is 4.79 Å². The van der Waals surface area contributed by atoms with E-state index in [0.29, 0.717) is 0 Å². The van der Waals surface area contributed by atoms with Crippen molar-refractivity contribution in [2.45, 2.75) is 9.96 Å². The van der Waals surface area contributed by atoms with Crippen molar-refractivity contribution >= 4 is 74.6 Å². The molecule has 9 heteroatoms. The third kappa shape index (κ3) is 5.51. The number of nitrogens with zero attached hydrogens (tertiary/aromatic N) is 1. The summed E-state index contributed by atoms with van der Waals surface area (Å²) >= 11 is 23.1. The van der Waals surface area contributed by atoms with Gasteiger partial charge in [0.25, 0.3) is 0 Å². The van der Waals surface area contributed by atoms with Gasteiger partial charge in [0.15, 0.2) is 11.3 Å². The van der Waals surface area contributed by atoms with Crippen molar-refractivity contribution in [2.75, 3.05) is 19.4 Å². The minimum absolute atomic E-state index is 0.215. The summed E-state index contributed by atoms with van der Waals surface area (Å²) in [7, 11) is 3.16. The first-order valence-corrected chi connectivity index (χ1v) is 8.82. The summed E-state index contributed by atoms with van der Waals surface area (Å²) < 4.78 is -1.80. The highest BCUT2D eigenvalue weighted by Crippen LogP contribution is 2.29. The Hall–Kier alpha value is -1.47. The minimum atomic E-state index is -1.80. The van der Waals surface area contributed by atoms with Crippen LogP contribution in [0.2, 0.25) is 0 Å². The highest BCUT2D eigenvalue weighted by Gasteiger charge is 2.35. The zero-order chi connectivity index (χ0) is 18.6. The number of fused-ring (bicyclic) bond motifs is 1. The van der Waals surface area contributed by atoms with Crippen LogP contribution in [0.15, 0.2) is 42.5 Å². The van der Waals surface area contributed by atoms with Crippen LogP contribution in [0.3, 0.4) is 0 Å². The maximum atomic E-state index is 11.8. The molecule has 2 amide bonds. The van der Waals surface area contributed by atoms with Gasteiger partial charge in [-0.2, -0.15) is 0 Å². The number of carbonyl (C=O) groups is 1. The molecule has 2 aromatic rings. The molecule has 0 radical (unpaired) electrons. The van der Waals surface area contributed by atoms with E-state index in [9.17, 15) is 4.79 Å². The largest absolute Gasteiger partial charge is 0.339 e. The Balaban J connectivity index is 2.14. The smallest absolute Gasteiger partial charge is 0.318 e. The summed E-state index contributed by atoms with van der Waals surface area (Å²) in [5.41, 5.74) is 0.803. The number of thiocarbonyl (C=S) groups is 1. The molecule has 0 spiro atoms. The Morgan fingerprint density at radius 1 is 1.08 bits per heavy atom. The molecule has 5 nitrogen and oxygen atoms in total. The molecule has 0 bridgehead atoms. The molecule has 134 valence electrons. The van der Waals surface area contributed by atoms with Crippen LogP contribution < -0.4 is 16.0 Å². The van der Waals surface area contributed by atoms with Crippen molar-refractivity contribution in [2.24, 2.45) is 0 Å². The molecule has 2 aromatic carbocycles. The number of carbonyl (C=O) groups excluding carboxylic acids is 1. The molecule has 0 saturated carbocycles. The SMILES string of the molecule is CN(C)C(=O)NC(NC(=S)Nc1cccc2ccccc12)C(Cl)(Cl)Cl. The molecule has 3 N–H and O–H groups in total. The number of alkyl halides is 3. The minimum Gasteiger partial charge on any atom is -0.339 e. The molecule has 25 heavy (non-hydrogen) atoms. The lowest BCUT2D eigenvalue weighted by atomic mass is 10.1. The number of amides is 2. The number of urea groups is 1. The van der Waals surface area contributed by atoms with Crippen LogP contribution in [0.5, 0.6) is 0 Å². The van der Waals surface area contributed by atoms with Gasteiger partial charge < -0.3 is 20.9 Å². The van der Waals surface area contributed by atoms with Crippen molar-refractivity contribution in [1.82, 2.24) is 15.5 Å². The first kappa shape index (κ1) is 19.8. The van der Waals surface area contributed by atoms with Crippen molar-refractivity contribution < 1.29 is 4.79 Å². The fraction of sp³-hybridized carbons (Fsp3) is 0.250. The molecule has 1 unspecified atom stereocenters. The summed E-state index contributed by atoms with van der Waals surface area (Å²) in [6.45, 7) is 0. The van der Waals surface area contributed by atoms with E-state index in [0.717, 1.165) is 16.5 Å². The topological polar surface area (TPSA) is 56.4 Å². The lowest BCUT2D eigenvalue weighted by molar-refractivity contribution is 0.212. The van der Waals surface area contributed by atoms with Crippen LogP contribution in [0.1, 0.15) is 0 Å². The van der Waals surface area contributed by atoms with Gasteiger partial charge in [-0.3, -0.25) is 0 Å². The molecule has 0 aromatic heterocycles. The molecule has 0 aliphatic carbocycles. The Bertz CT molecular complexity index is 774. The van der Waals surface area contributed by atoms with Crippen molar-refractivity contribution in [3.05, 3.63) is 42.5 Å². The van der Waals surface area contributed by atoms with Crippen LogP contribution in [0.25, 0.3) is 10.8 Å². The van der Waals surface area contributed by atoms with E-state index in [1.165, 1.54) is 4.90 Å². The lowest BCUT2D eigenvalue weighted by Crippen LogP contribution is -2.57. The Morgan fingerprint density at radius 3 is 2.36 bits per heavy atom. The first-order chi connectivity index (χ1) is 11.7. The lowest BCUT2D eigenvalue weighted by Gasteiger charge is -2.29. The van der Waals surface area contributed by atoms with E-state index in [-0.39, 0.29) is 5.11 Å². The van der Waals surface area contributed by atoms with Crippen LogP contribution >= 0.6 is 47.0 Å². The summed E-state index contributed by atoms with van der Waals surface area (Å²) in [6, 6.07) is 13.2. The summed E-state index contributed by atoms with van der Waals surface area (Å²) in [6.07, 6.45) is -1.01. The number of anilines is 1. The number of hydrogen-bond donors (Lipinski definition) is 3. The zero-order valence-corrected chi connectivity index (χ0v) is 16.6. The standard InChI is InChI=1S/C16H17Cl3N4OS/c1-23(2)15(24)22-13(16(17,18)19)21-14(25)20-12-9-5-7-10-6-3-4-8-11(10)12/h3-9,13H,1-2H3,(H,22,24)(H2,20,21,25). The van der Waals surface area contributed by atoms with Gasteiger partial charge in [-0.05, 0) is 23.7 Å². The average Bonchev–Trinajstić information content (AvgIpc) is 2.53. The van der Waals surface area contributed by atoms with Gasteiger partial charge in [0.1, 0.15) is 0 Å². The van der Waals surface area contributed by atoms with Crippen molar-refractivity contribution in [3.8, 4) is 0 Å². The van der Waals surface area contributed by atoms with Crippen LogP contribution in [0.4, 0.5) is 10.5 Å². The van der Waals surface area contributed by atoms with Gasteiger partial charge in [-0.15, -0.1) is 0 Å². The van der Waals surface area contributed by atoms with Gasteiger partial charge >= 0.3 is 6.03 Å². The Kier molecular flexibility index (Phi) is 6.57. The van der Waals surface area contributed by atoms with Crippen LogP contribution in [0, 0.1) is 0 Å². The Labute approximate surface area is 166 Å². The van der Waals surface area contributed by atoms with Gasteiger partial charge in [0, 0.05) is 25.2 Å². The van der Waals surface area contributed by atoms with E-state index >= 15 is 0 Å². The van der Waals surface area contributed by atoms with E-state index < -0.39 is 16.0 Å². The Morgan fingerprint density at radius 2 is 1.72 bits per heavy atom. The maximum absolute atomic E-state index is 11.8. The normalized spacial score (nSPS) is 12.4. The second-order valence-corrected chi connectivity index (χ2v) is 8.22. The molecule has 0 heterocycles. The number of halogens is 3. The summed E-state index contributed by atoms with van der Waals surface area (Å²) in [5.74, 6) is 0. The highest BCUT2D eigenvalue weighted by atomic mass is 35.6. The third-order valence-electron chi connectivity index (χ3n) is 3.31. The fourth-order valence-corrected chi connectivity index (χ4v) is 2.63. The molecule has 0 aliphatic rings. The monoisotopic (exact) mass is 418 g/mol. The second-order valence-electron chi connectivity index (χ2n) is 5.44. The molecular weight excluding hydrogens is 403 g/mol. The molecule has 0 saturated heterocycles. The molecular formula is C16H17Cl3N4OS. The van der Waals surface area contributed by atoms with Crippen molar-refractivity contribution in [1.29, 1.82) is 0 Å². The van der Waals surface area contributed by atoms with Crippen LogP contribution in [-0.4, -0.2) is 40.1 Å². The summed E-state index contributed by atoms with van der Waals surface area (Å²) in [4.78, 5) is 13.2. The van der Waals surface area contributed by atoms with Gasteiger partial charge in [-0.1, -0.05) is 71.2 Å². The third-order valence-corrected chi connectivity index (χ3v) is 4.19. The first-order valence-electron chi connectivity index (χ1n) is 7.28. The van der Waals surface area contributed by atoms with E-state index in [4.69, 9.17) is 47.0 Å². The highest BCUT2D eigenvalue weighted by molar-refractivity contribution is 7.80. The maximum Gasteiger partial charge on any atom is 0.318 e. The number of benzene rings is 2. The zero-order valence-electron chi connectivity index (χ0n) is 13.5. The predicted molar refractivity (Wildman–Crippen MR) is 110 cm³/mol. The van der Waals surface area contributed by atoms with E-state index in [1.807, 2.05) is 42.5 Å². The van der Waals surface area contributed by atoms with Gasteiger partial charge in [0.2, 0.25) is 3.79 Å². The fourth-order valence-electron chi connectivity index (χ4n) is 2.08. The molecule has 0 fully saturated rings. The second kappa shape index (κ2) is 8.27. The number of hydrogen-bond acceptors (Lipinski definition) is 2. The molecule has 1 atom stereocenters.